The molecule has 0 aliphatic heterocycles. The van der Waals surface area contributed by atoms with Crippen LogP contribution in [0.3, 0.4) is 0 Å². The number of rotatable bonds is 5. The summed E-state index contributed by atoms with van der Waals surface area (Å²) >= 11 is 0. The van der Waals surface area contributed by atoms with Gasteiger partial charge in [-0.1, -0.05) is 30.3 Å². The molecule has 1 aromatic heterocycles. The van der Waals surface area contributed by atoms with Gasteiger partial charge in [0.2, 0.25) is 0 Å². The van der Waals surface area contributed by atoms with Gasteiger partial charge in [0.25, 0.3) is 5.91 Å². The quantitative estimate of drug-likeness (QED) is 0.732. The summed E-state index contributed by atoms with van der Waals surface area (Å²) < 4.78 is 27.1. The average molecular weight is 339 g/mol. The maximum absolute atomic E-state index is 13.6. The minimum atomic E-state index is -0.515. The van der Waals surface area contributed by atoms with Crippen molar-refractivity contribution >= 4 is 17.3 Å². The van der Waals surface area contributed by atoms with Crippen LogP contribution in [-0.2, 0) is 6.54 Å². The van der Waals surface area contributed by atoms with Gasteiger partial charge in [-0.3, -0.25) is 4.79 Å². The minimum absolute atomic E-state index is 0.0936. The number of halogens is 2. The van der Waals surface area contributed by atoms with Crippen LogP contribution >= 0.6 is 0 Å². The molecule has 4 nitrogen and oxygen atoms in total. The number of nitrogens with one attached hydrogen (secondary N) is 2. The first kappa shape index (κ1) is 16.6. The molecular formula is C19H15F2N3O. The van der Waals surface area contributed by atoms with Crippen molar-refractivity contribution in [2.24, 2.45) is 0 Å². The molecular weight excluding hydrogens is 324 g/mol. The first-order valence-corrected chi connectivity index (χ1v) is 7.63. The Hall–Kier alpha value is -3.28. The van der Waals surface area contributed by atoms with E-state index in [1.807, 2.05) is 0 Å². The highest BCUT2D eigenvalue weighted by molar-refractivity contribution is 6.03. The summed E-state index contributed by atoms with van der Waals surface area (Å²) in [5.74, 6) is -1.31. The number of amides is 1. The number of carbonyl (C=O) groups excluding carboxylic acids is 1. The van der Waals surface area contributed by atoms with Crippen LogP contribution in [0.4, 0.5) is 20.2 Å². The monoisotopic (exact) mass is 339 g/mol. The van der Waals surface area contributed by atoms with Crippen molar-refractivity contribution in [3.05, 3.63) is 89.8 Å². The molecule has 126 valence electrons. The van der Waals surface area contributed by atoms with E-state index in [2.05, 4.69) is 15.6 Å². The van der Waals surface area contributed by atoms with Crippen molar-refractivity contribution in [2.75, 3.05) is 10.6 Å². The fraction of sp³-hybridized carbons (Fsp3) is 0.0526. The number of carbonyl (C=O) groups is 1. The highest BCUT2D eigenvalue weighted by Crippen LogP contribution is 2.15. The second-order valence-electron chi connectivity index (χ2n) is 5.31. The zero-order valence-corrected chi connectivity index (χ0v) is 13.2. The van der Waals surface area contributed by atoms with Gasteiger partial charge < -0.3 is 10.6 Å². The Balaban J connectivity index is 1.63. The first-order chi connectivity index (χ1) is 12.1. The molecule has 0 saturated carbocycles. The van der Waals surface area contributed by atoms with Gasteiger partial charge in [0, 0.05) is 12.1 Å². The van der Waals surface area contributed by atoms with E-state index in [-0.39, 0.29) is 17.2 Å². The number of pyridine rings is 1. The third kappa shape index (κ3) is 4.17. The van der Waals surface area contributed by atoms with E-state index in [1.54, 1.807) is 36.4 Å². The number of para-hydroxylation sites is 1. The number of nitrogens with zero attached hydrogens (tertiary/aromatic N) is 1. The summed E-state index contributed by atoms with van der Waals surface area (Å²) in [6.45, 7) is 0.301. The second kappa shape index (κ2) is 7.53. The van der Waals surface area contributed by atoms with Crippen LogP contribution in [0.25, 0.3) is 0 Å². The van der Waals surface area contributed by atoms with Crippen molar-refractivity contribution in [3.8, 4) is 0 Å². The molecule has 0 atom stereocenters. The molecule has 3 rings (SSSR count). The van der Waals surface area contributed by atoms with Crippen molar-refractivity contribution in [2.45, 2.75) is 6.54 Å². The molecule has 2 aromatic carbocycles. The Morgan fingerprint density at radius 3 is 2.32 bits per heavy atom. The normalized spacial score (nSPS) is 10.3. The Kier molecular flexibility index (Phi) is 4.99. The lowest BCUT2D eigenvalue weighted by atomic mass is 10.2. The summed E-state index contributed by atoms with van der Waals surface area (Å²) in [5, 5.41) is 5.50. The van der Waals surface area contributed by atoms with Gasteiger partial charge in [-0.25, -0.2) is 13.8 Å². The summed E-state index contributed by atoms with van der Waals surface area (Å²) in [6.07, 6.45) is 1.47. The Morgan fingerprint density at radius 2 is 1.64 bits per heavy atom. The van der Waals surface area contributed by atoms with Gasteiger partial charge in [0.05, 0.1) is 17.6 Å². The van der Waals surface area contributed by atoms with Crippen LogP contribution in [0.15, 0.2) is 66.9 Å². The molecule has 0 aliphatic rings. The molecule has 3 aromatic rings. The minimum Gasteiger partial charge on any atom is -0.380 e. The topological polar surface area (TPSA) is 54.0 Å². The Morgan fingerprint density at radius 1 is 0.920 bits per heavy atom. The van der Waals surface area contributed by atoms with Crippen LogP contribution < -0.4 is 10.6 Å². The molecule has 0 radical (unpaired) electrons. The highest BCUT2D eigenvalue weighted by atomic mass is 19.1. The average Bonchev–Trinajstić information content (AvgIpc) is 2.63. The van der Waals surface area contributed by atoms with E-state index in [1.165, 1.54) is 30.5 Å². The van der Waals surface area contributed by atoms with Crippen molar-refractivity contribution in [3.63, 3.8) is 0 Å². The molecule has 0 spiro atoms. The Bertz CT molecular complexity index is 882. The summed E-state index contributed by atoms with van der Waals surface area (Å²) in [4.78, 5) is 16.1. The van der Waals surface area contributed by atoms with Crippen LogP contribution in [0.2, 0.25) is 0 Å². The molecule has 25 heavy (non-hydrogen) atoms. The lowest BCUT2D eigenvalue weighted by Gasteiger charge is -2.08. The summed E-state index contributed by atoms with van der Waals surface area (Å²) in [5.41, 5.74) is 1.42. The van der Waals surface area contributed by atoms with Crippen LogP contribution in [-0.4, -0.2) is 10.9 Å². The molecule has 0 fully saturated rings. The van der Waals surface area contributed by atoms with Crippen molar-refractivity contribution in [1.29, 1.82) is 0 Å². The van der Waals surface area contributed by atoms with Crippen LogP contribution in [0, 0.1) is 11.6 Å². The largest absolute Gasteiger partial charge is 0.380 e. The van der Waals surface area contributed by atoms with E-state index >= 15 is 0 Å². The van der Waals surface area contributed by atoms with Gasteiger partial charge in [0.1, 0.15) is 17.3 Å². The van der Waals surface area contributed by atoms with E-state index in [0.717, 1.165) is 0 Å². The van der Waals surface area contributed by atoms with Crippen LogP contribution in [0.5, 0.6) is 0 Å². The zero-order valence-electron chi connectivity index (χ0n) is 13.2. The van der Waals surface area contributed by atoms with E-state index in [0.29, 0.717) is 17.8 Å². The van der Waals surface area contributed by atoms with Crippen LogP contribution in [0.1, 0.15) is 16.1 Å². The van der Waals surface area contributed by atoms with E-state index in [9.17, 15) is 13.6 Å². The molecule has 0 bridgehead atoms. The number of aromatic nitrogens is 1. The summed E-state index contributed by atoms with van der Waals surface area (Å²) in [6, 6.07) is 15.5. The van der Waals surface area contributed by atoms with Crippen molar-refractivity contribution < 1.29 is 13.6 Å². The number of benzene rings is 2. The third-order valence-electron chi connectivity index (χ3n) is 3.56. The van der Waals surface area contributed by atoms with Gasteiger partial charge >= 0.3 is 0 Å². The molecule has 0 unspecified atom stereocenters. The molecule has 0 saturated heterocycles. The second-order valence-corrected chi connectivity index (χ2v) is 5.31. The predicted molar refractivity (Wildman–Crippen MR) is 92.3 cm³/mol. The molecule has 2 N–H and O–H groups in total. The maximum atomic E-state index is 13.6. The van der Waals surface area contributed by atoms with Gasteiger partial charge in [-0.15, -0.1) is 0 Å². The van der Waals surface area contributed by atoms with Gasteiger partial charge in [0.15, 0.2) is 0 Å². The zero-order chi connectivity index (χ0) is 17.6. The molecule has 1 amide bonds. The number of anilines is 2. The van der Waals surface area contributed by atoms with Crippen molar-refractivity contribution in [1.82, 2.24) is 4.98 Å². The first-order valence-electron chi connectivity index (χ1n) is 7.63. The maximum Gasteiger partial charge on any atom is 0.274 e. The van der Waals surface area contributed by atoms with E-state index < -0.39 is 11.7 Å². The Labute approximate surface area is 143 Å². The molecule has 0 aliphatic carbocycles. The fourth-order valence-corrected chi connectivity index (χ4v) is 2.22. The molecule has 1 heterocycles. The van der Waals surface area contributed by atoms with Gasteiger partial charge in [-0.05, 0) is 30.3 Å². The standard InChI is InChI=1S/C19H15F2N3O/c20-15-6-2-1-5-13(15)11-22-14-9-10-18(23-12-14)19(25)24-17-8-4-3-7-16(17)21/h1-10,12,22H,11H2,(H,24,25). The number of hydrogen-bond donors (Lipinski definition) is 2. The van der Waals surface area contributed by atoms with E-state index in [4.69, 9.17) is 0 Å². The number of hydrogen-bond acceptors (Lipinski definition) is 3. The highest BCUT2D eigenvalue weighted by Gasteiger charge is 2.10. The molecule has 6 heteroatoms. The summed E-state index contributed by atoms with van der Waals surface area (Å²) in [7, 11) is 0. The fourth-order valence-electron chi connectivity index (χ4n) is 2.22. The predicted octanol–water partition coefficient (Wildman–Crippen LogP) is 4.22. The third-order valence-corrected chi connectivity index (χ3v) is 3.56. The SMILES string of the molecule is O=C(Nc1ccccc1F)c1ccc(NCc2ccccc2F)cn1. The lowest BCUT2D eigenvalue weighted by Crippen LogP contribution is -2.14. The lowest BCUT2D eigenvalue weighted by molar-refractivity contribution is 0.102. The van der Waals surface area contributed by atoms with Gasteiger partial charge in [-0.2, -0.15) is 0 Å². The smallest absolute Gasteiger partial charge is 0.274 e.